The predicted molar refractivity (Wildman–Crippen MR) is 167 cm³/mol. The molecule has 254 valence electrons. The Balaban J connectivity index is 3.05. The van der Waals surface area contributed by atoms with Crippen molar-refractivity contribution >= 4 is 29.7 Å². The number of nitrogens with zero attached hydrogens (tertiary/aromatic N) is 3. The summed E-state index contributed by atoms with van der Waals surface area (Å²) in [5.74, 6) is -2.00. The molecular formula is C31H57N5O8. The number of hydrogen-bond acceptors (Lipinski definition) is 8. The molecule has 0 radical (unpaired) electrons. The Morgan fingerprint density at radius 1 is 0.909 bits per heavy atom. The summed E-state index contributed by atoms with van der Waals surface area (Å²) < 4.78 is 16.2. The van der Waals surface area contributed by atoms with Crippen molar-refractivity contribution in [1.29, 1.82) is 0 Å². The zero-order chi connectivity index (χ0) is 33.7. The standard InChI is InChI=1S/C31H57N5O8/c1-12-21(6)28(34(8)26(38)17-33-31(41)36(19(2)3)20(4)5)24(42-9)16-25(37)35-15-13-14-23(35)29(44-11)22(7)30(40)32-18-27(39)43-10/h19-24,28-29H,12-18H2,1-11H3,(H,32,40)(H,33,41). The number of likely N-dealkylation sites (N-methyl/N-ethyl adjacent to an activating group) is 1. The van der Waals surface area contributed by atoms with E-state index < -0.39 is 30.1 Å². The molecule has 0 aromatic rings. The third-order valence-corrected chi connectivity index (χ3v) is 8.68. The van der Waals surface area contributed by atoms with Crippen LogP contribution in [0.15, 0.2) is 0 Å². The smallest absolute Gasteiger partial charge is 0.325 e. The van der Waals surface area contributed by atoms with Crippen LogP contribution in [0.5, 0.6) is 0 Å². The average Bonchev–Trinajstić information content (AvgIpc) is 3.47. The van der Waals surface area contributed by atoms with Crippen LogP contribution < -0.4 is 10.6 Å². The lowest BCUT2D eigenvalue weighted by Gasteiger charge is -2.39. The lowest BCUT2D eigenvalue weighted by Crippen LogP contribution is -2.55. The highest BCUT2D eigenvalue weighted by molar-refractivity contribution is 5.85. The molecule has 0 aliphatic carbocycles. The first-order chi connectivity index (χ1) is 20.7. The maximum Gasteiger partial charge on any atom is 0.325 e. The first-order valence-corrected chi connectivity index (χ1v) is 15.7. The molecule has 0 aromatic carbocycles. The summed E-state index contributed by atoms with van der Waals surface area (Å²) in [6.45, 7) is 13.5. The predicted octanol–water partition coefficient (Wildman–Crippen LogP) is 2.02. The highest BCUT2D eigenvalue weighted by atomic mass is 16.5. The van der Waals surface area contributed by atoms with Gasteiger partial charge in [-0.1, -0.05) is 27.2 Å². The van der Waals surface area contributed by atoms with E-state index in [4.69, 9.17) is 9.47 Å². The Labute approximate surface area is 263 Å². The summed E-state index contributed by atoms with van der Waals surface area (Å²) in [4.78, 5) is 69.2. The highest BCUT2D eigenvalue weighted by Crippen LogP contribution is 2.29. The van der Waals surface area contributed by atoms with Gasteiger partial charge in [0, 0.05) is 39.9 Å². The fourth-order valence-electron chi connectivity index (χ4n) is 6.15. The molecule has 0 aromatic heterocycles. The average molecular weight is 628 g/mol. The maximum absolute atomic E-state index is 13.8. The van der Waals surface area contributed by atoms with E-state index in [0.29, 0.717) is 13.0 Å². The van der Waals surface area contributed by atoms with Crippen LogP contribution in [0.2, 0.25) is 0 Å². The summed E-state index contributed by atoms with van der Waals surface area (Å²) in [6, 6.07) is -1.12. The van der Waals surface area contributed by atoms with Crippen LogP contribution in [0.3, 0.4) is 0 Å². The second kappa shape index (κ2) is 18.8. The minimum absolute atomic E-state index is 0.000134. The van der Waals surface area contributed by atoms with Gasteiger partial charge in [0.1, 0.15) is 6.54 Å². The van der Waals surface area contributed by atoms with Crippen LogP contribution in [-0.4, -0.2) is 129 Å². The number of nitrogens with one attached hydrogen (secondary N) is 2. The van der Waals surface area contributed by atoms with Crippen LogP contribution in [0.25, 0.3) is 0 Å². The summed E-state index contributed by atoms with van der Waals surface area (Å²) in [7, 11) is 5.96. The van der Waals surface area contributed by atoms with Crippen molar-refractivity contribution in [3.63, 3.8) is 0 Å². The number of ether oxygens (including phenoxy) is 3. The lowest BCUT2D eigenvalue weighted by molar-refractivity contribution is -0.146. The molecule has 0 saturated carbocycles. The molecule has 0 bridgehead atoms. The lowest BCUT2D eigenvalue weighted by atomic mass is 9.90. The number of carbonyl (C=O) groups excluding carboxylic acids is 5. The van der Waals surface area contributed by atoms with Gasteiger partial charge in [-0.15, -0.1) is 0 Å². The maximum atomic E-state index is 13.8. The van der Waals surface area contributed by atoms with Crippen molar-refractivity contribution in [2.45, 2.75) is 111 Å². The zero-order valence-electron chi connectivity index (χ0n) is 28.7. The largest absolute Gasteiger partial charge is 0.468 e. The SMILES string of the molecule is CCC(C)C(C(CC(=O)N1CCCC1C(OC)C(C)C(=O)NCC(=O)OC)OC)N(C)C(=O)CNC(=O)N(C(C)C)C(C)C. The molecule has 2 N–H and O–H groups in total. The number of rotatable bonds is 17. The number of urea groups is 1. The molecule has 1 heterocycles. The summed E-state index contributed by atoms with van der Waals surface area (Å²) in [6.07, 6.45) is 0.990. The van der Waals surface area contributed by atoms with Crippen molar-refractivity contribution in [3.05, 3.63) is 0 Å². The van der Waals surface area contributed by atoms with Gasteiger partial charge in [0.25, 0.3) is 0 Å². The molecular weight excluding hydrogens is 570 g/mol. The number of methoxy groups -OCH3 is 3. The fraction of sp³-hybridized carbons (Fsp3) is 0.839. The van der Waals surface area contributed by atoms with Gasteiger partial charge in [0.2, 0.25) is 17.7 Å². The minimum Gasteiger partial charge on any atom is -0.468 e. The quantitative estimate of drug-likeness (QED) is 0.233. The van der Waals surface area contributed by atoms with Crippen LogP contribution in [-0.2, 0) is 33.4 Å². The van der Waals surface area contributed by atoms with E-state index in [1.807, 2.05) is 41.5 Å². The molecule has 1 rings (SSSR count). The van der Waals surface area contributed by atoms with E-state index in [1.54, 1.807) is 28.7 Å². The number of likely N-dealkylation sites (tertiary alicyclic amines) is 1. The number of hydrogen-bond donors (Lipinski definition) is 2. The van der Waals surface area contributed by atoms with Gasteiger partial charge in [0.15, 0.2) is 0 Å². The van der Waals surface area contributed by atoms with E-state index in [2.05, 4.69) is 15.4 Å². The molecule has 13 heteroatoms. The van der Waals surface area contributed by atoms with Crippen molar-refractivity contribution < 1.29 is 38.2 Å². The normalized spacial score (nSPS) is 18.3. The Bertz CT molecular complexity index is 953. The van der Waals surface area contributed by atoms with Gasteiger partial charge in [-0.3, -0.25) is 19.2 Å². The minimum atomic E-state index is -0.629. The molecule has 5 amide bonds. The Kier molecular flexibility index (Phi) is 16.7. The van der Waals surface area contributed by atoms with Gasteiger partial charge < -0.3 is 39.5 Å². The van der Waals surface area contributed by atoms with E-state index >= 15 is 0 Å². The van der Waals surface area contributed by atoms with E-state index in [1.165, 1.54) is 21.3 Å². The molecule has 1 aliphatic heterocycles. The van der Waals surface area contributed by atoms with Crippen molar-refractivity contribution in [2.75, 3.05) is 48.0 Å². The van der Waals surface area contributed by atoms with Gasteiger partial charge in [0.05, 0.1) is 50.3 Å². The second-order valence-electron chi connectivity index (χ2n) is 12.2. The first kappa shape index (κ1) is 39.1. The number of esters is 1. The van der Waals surface area contributed by atoms with Crippen molar-refractivity contribution in [3.8, 4) is 0 Å². The van der Waals surface area contributed by atoms with Crippen molar-refractivity contribution in [2.24, 2.45) is 11.8 Å². The molecule has 1 saturated heterocycles. The Hall–Kier alpha value is -2.93. The molecule has 0 spiro atoms. The summed E-state index contributed by atoms with van der Waals surface area (Å²) in [5, 5.41) is 5.32. The zero-order valence-corrected chi connectivity index (χ0v) is 28.7. The van der Waals surface area contributed by atoms with Gasteiger partial charge in [-0.2, -0.15) is 0 Å². The third kappa shape index (κ3) is 10.6. The molecule has 44 heavy (non-hydrogen) atoms. The molecule has 6 unspecified atom stereocenters. The van der Waals surface area contributed by atoms with E-state index in [0.717, 1.165) is 12.8 Å². The Morgan fingerprint density at radius 3 is 2.02 bits per heavy atom. The van der Waals surface area contributed by atoms with Gasteiger partial charge in [-0.05, 0) is 46.5 Å². The van der Waals surface area contributed by atoms with Gasteiger partial charge >= 0.3 is 12.0 Å². The third-order valence-electron chi connectivity index (χ3n) is 8.68. The summed E-state index contributed by atoms with van der Waals surface area (Å²) in [5.41, 5.74) is 0. The van der Waals surface area contributed by atoms with Crippen molar-refractivity contribution in [1.82, 2.24) is 25.3 Å². The van der Waals surface area contributed by atoms with E-state index in [9.17, 15) is 24.0 Å². The topological polar surface area (TPSA) is 147 Å². The molecule has 6 atom stereocenters. The van der Waals surface area contributed by atoms with E-state index in [-0.39, 0.29) is 67.3 Å². The molecule has 1 fully saturated rings. The molecule has 13 nitrogen and oxygen atoms in total. The summed E-state index contributed by atoms with van der Waals surface area (Å²) >= 11 is 0. The first-order valence-electron chi connectivity index (χ1n) is 15.7. The second-order valence-corrected chi connectivity index (χ2v) is 12.2. The van der Waals surface area contributed by atoms with Crippen LogP contribution in [0.4, 0.5) is 4.79 Å². The van der Waals surface area contributed by atoms with Crippen LogP contribution in [0, 0.1) is 11.8 Å². The van der Waals surface area contributed by atoms with Crippen LogP contribution in [0.1, 0.15) is 74.1 Å². The van der Waals surface area contributed by atoms with Crippen LogP contribution >= 0.6 is 0 Å². The number of carbonyl (C=O) groups is 5. The monoisotopic (exact) mass is 627 g/mol. The Morgan fingerprint density at radius 2 is 1.52 bits per heavy atom. The fourth-order valence-corrected chi connectivity index (χ4v) is 6.15. The highest BCUT2D eigenvalue weighted by Gasteiger charge is 2.42. The van der Waals surface area contributed by atoms with Gasteiger partial charge in [-0.25, -0.2) is 4.79 Å². The molecule has 1 aliphatic rings. The number of amides is 5.